The molecule has 36 heavy (non-hydrogen) atoms. The monoisotopic (exact) mass is 513 g/mol. The van der Waals surface area contributed by atoms with Crippen LogP contribution < -0.4 is 10.1 Å². The molecule has 1 unspecified atom stereocenters. The zero-order chi connectivity index (χ0) is 25.7. The van der Waals surface area contributed by atoms with Crippen LogP contribution in [0.1, 0.15) is 18.1 Å². The van der Waals surface area contributed by atoms with Crippen molar-refractivity contribution in [3.63, 3.8) is 0 Å². The lowest BCUT2D eigenvalue weighted by molar-refractivity contribution is -0.115. The highest BCUT2D eigenvalue weighted by Gasteiger charge is 2.22. The van der Waals surface area contributed by atoms with Crippen molar-refractivity contribution in [1.29, 1.82) is 5.26 Å². The highest BCUT2D eigenvalue weighted by atomic mass is 35.5. The number of amides is 1. The van der Waals surface area contributed by atoms with Gasteiger partial charge in [0.25, 0.3) is 0 Å². The number of hydrogen-bond donors (Lipinski definition) is 1. The molecule has 0 radical (unpaired) electrons. The SMILES string of the molecule is COc1ccc(-c2cc(-c3ccccc3)nc(SC(C)C(=O)Nc3ccc(C)c(Cl)c3)c2C#N)cc1. The van der Waals surface area contributed by atoms with E-state index in [1.807, 2.05) is 79.7 Å². The van der Waals surface area contributed by atoms with Gasteiger partial charge in [0.05, 0.1) is 23.6 Å². The Morgan fingerprint density at radius 2 is 1.78 bits per heavy atom. The van der Waals surface area contributed by atoms with Crippen LogP contribution in [0, 0.1) is 18.3 Å². The first kappa shape index (κ1) is 25.3. The van der Waals surface area contributed by atoms with E-state index >= 15 is 0 Å². The summed E-state index contributed by atoms with van der Waals surface area (Å²) in [6.45, 7) is 3.70. The Labute approximate surface area is 220 Å². The average molecular weight is 514 g/mol. The summed E-state index contributed by atoms with van der Waals surface area (Å²) in [7, 11) is 1.61. The van der Waals surface area contributed by atoms with Gasteiger partial charge in [-0.15, -0.1) is 0 Å². The minimum Gasteiger partial charge on any atom is -0.497 e. The summed E-state index contributed by atoms with van der Waals surface area (Å²) in [5.41, 5.74) is 5.22. The van der Waals surface area contributed by atoms with Crippen LogP contribution in [0.4, 0.5) is 5.69 Å². The molecule has 180 valence electrons. The van der Waals surface area contributed by atoms with Gasteiger partial charge in [-0.3, -0.25) is 4.79 Å². The lowest BCUT2D eigenvalue weighted by Gasteiger charge is -2.16. The molecule has 1 aromatic heterocycles. The first-order valence-corrected chi connectivity index (χ1v) is 12.5. The average Bonchev–Trinajstić information content (AvgIpc) is 2.90. The summed E-state index contributed by atoms with van der Waals surface area (Å²) < 4.78 is 5.29. The van der Waals surface area contributed by atoms with Crippen LogP contribution in [0.25, 0.3) is 22.4 Å². The largest absolute Gasteiger partial charge is 0.497 e. The number of nitriles is 1. The van der Waals surface area contributed by atoms with Crippen molar-refractivity contribution in [2.24, 2.45) is 0 Å². The van der Waals surface area contributed by atoms with E-state index in [0.29, 0.717) is 21.3 Å². The zero-order valence-electron chi connectivity index (χ0n) is 20.1. The number of thioether (sulfide) groups is 1. The number of carbonyl (C=O) groups is 1. The Balaban J connectivity index is 1.71. The quantitative estimate of drug-likeness (QED) is 0.261. The van der Waals surface area contributed by atoms with E-state index in [1.165, 1.54) is 11.8 Å². The smallest absolute Gasteiger partial charge is 0.237 e. The van der Waals surface area contributed by atoms with Gasteiger partial charge >= 0.3 is 0 Å². The van der Waals surface area contributed by atoms with Gasteiger partial charge in [-0.1, -0.05) is 71.9 Å². The normalized spacial score (nSPS) is 11.4. The third kappa shape index (κ3) is 5.71. The number of pyridine rings is 1. The Bertz CT molecular complexity index is 1430. The van der Waals surface area contributed by atoms with Gasteiger partial charge in [-0.05, 0) is 55.3 Å². The van der Waals surface area contributed by atoms with Crippen LogP contribution in [0.3, 0.4) is 0 Å². The highest BCUT2D eigenvalue weighted by Crippen LogP contribution is 2.36. The molecule has 7 heteroatoms. The van der Waals surface area contributed by atoms with E-state index in [1.54, 1.807) is 20.1 Å². The van der Waals surface area contributed by atoms with Crippen molar-refractivity contribution in [2.75, 3.05) is 12.4 Å². The molecule has 0 aliphatic carbocycles. The molecule has 3 aromatic carbocycles. The van der Waals surface area contributed by atoms with E-state index in [0.717, 1.165) is 33.7 Å². The standard InChI is InChI=1S/C29H24ClN3O2S/c1-18-9-12-22(15-26(18)30)32-28(34)19(2)36-29-25(17-31)24(20-10-13-23(35-3)14-11-20)16-27(33-29)21-7-5-4-6-8-21/h4-16,19H,1-3H3,(H,32,34). The van der Waals surface area contributed by atoms with E-state index < -0.39 is 5.25 Å². The number of hydrogen-bond acceptors (Lipinski definition) is 5. The summed E-state index contributed by atoms with van der Waals surface area (Å²) in [5.74, 6) is 0.521. The number of aryl methyl sites for hydroxylation is 1. The number of nitrogens with one attached hydrogen (secondary N) is 1. The maximum atomic E-state index is 13.0. The van der Waals surface area contributed by atoms with E-state index in [-0.39, 0.29) is 5.91 Å². The van der Waals surface area contributed by atoms with Crippen molar-refractivity contribution < 1.29 is 9.53 Å². The second-order valence-corrected chi connectivity index (χ2v) is 9.89. The summed E-state index contributed by atoms with van der Waals surface area (Å²) in [4.78, 5) is 17.8. The number of aromatic nitrogens is 1. The number of benzene rings is 3. The van der Waals surface area contributed by atoms with Crippen LogP contribution in [-0.2, 0) is 4.79 Å². The van der Waals surface area contributed by atoms with Gasteiger partial charge in [0, 0.05) is 21.8 Å². The fourth-order valence-electron chi connectivity index (χ4n) is 3.61. The minimum absolute atomic E-state index is 0.207. The van der Waals surface area contributed by atoms with Gasteiger partial charge in [-0.25, -0.2) is 4.98 Å². The molecule has 4 aromatic rings. The van der Waals surface area contributed by atoms with Crippen molar-refractivity contribution in [1.82, 2.24) is 4.98 Å². The molecule has 0 bridgehead atoms. The summed E-state index contributed by atoms with van der Waals surface area (Å²) in [6, 6.07) is 26.9. The molecular formula is C29H24ClN3O2S. The van der Waals surface area contributed by atoms with Crippen molar-refractivity contribution in [3.05, 3.63) is 95.0 Å². The summed E-state index contributed by atoms with van der Waals surface area (Å²) in [6.07, 6.45) is 0. The Morgan fingerprint density at radius 1 is 1.06 bits per heavy atom. The van der Waals surface area contributed by atoms with Crippen LogP contribution in [-0.4, -0.2) is 23.3 Å². The molecule has 1 atom stereocenters. The van der Waals surface area contributed by atoms with Crippen LogP contribution >= 0.6 is 23.4 Å². The maximum Gasteiger partial charge on any atom is 0.237 e. The molecule has 1 heterocycles. The molecule has 4 rings (SSSR count). The lowest BCUT2D eigenvalue weighted by Crippen LogP contribution is -2.22. The van der Waals surface area contributed by atoms with Gasteiger partial charge < -0.3 is 10.1 Å². The van der Waals surface area contributed by atoms with Crippen LogP contribution in [0.15, 0.2) is 83.9 Å². The number of methoxy groups -OCH3 is 1. The van der Waals surface area contributed by atoms with Gasteiger partial charge in [0.1, 0.15) is 16.8 Å². The second kappa shape index (κ2) is 11.3. The summed E-state index contributed by atoms with van der Waals surface area (Å²) in [5, 5.41) is 13.6. The van der Waals surface area contributed by atoms with Gasteiger partial charge in [-0.2, -0.15) is 5.26 Å². The molecule has 0 spiro atoms. The van der Waals surface area contributed by atoms with E-state index in [4.69, 9.17) is 21.3 Å². The second-order valence-electron chi connectivity index (χ2n) is 8.15. The fourth-order valence-corrected chi connectivity index (χ4v) is 4.71. The van der Waals surface area contributed by atoms with Crippen LogP contribution in [0.2, 0.25) is 5.02 Å². The number of ether oxygens (including phenoxy) is 1. The van der Waals surface area contributed by atoms with Crippen molar-refractivity contribution in [3.8, 4) is 34.2 Å². The third-order valence-corrected chi connectivity index (χ3v) is 7.16. The predicted molar refractivity (Wildman–Crippen MR) is 147 cm³/mol. The lowest BCUT2D eigenvalue weighted by atomic mass is 9.99. The number of anilines is 1. The van der Waals surface area contributed by atoms with Gasteiger partial charge in [0.2, 0.25) is 5.91 Å². The Hall–Kier alpha value is -3.79. The Kier molecular flexibility index (Phi) is 7.94. The van der Waals surface area contributed by atoms with E-state index in [2.05, 4.69) is 11.4 Å². The zero-order valence-corrected chi connectivity index (χ0v) is 21.7. The number of carbonyl (C=O) groups excluding carboxylic acids is 1. The molecule has 0 fully saturated rings. The minimum atomic E-state index is -0.514. The highest BCUT2D eigenvalue weighted by molar-refractivity contribution is 8.00. The Morgan fingerprint density at radius 3 is 2.42 bits per heavy atom. The van der Waals surface area contributed by atoms with Crippen LogP contribution in [0.5, 0.6) is 5.75 Å². The molecule has 0 aliphatic rings. The van der Waals surface area contributed by atoms with Gasteiger partial charge in [0.15, 0.2) is 0 Å². The fraction of sp³-hybridized carbons (Fsp3) is 0.138. The molecule has 1 N–H and O–H groups in total. The number of halogens is 1. The maximum absolute atomic E-state index is 13.0. The van der Waals surface area contributed by atoms with E-state index in [9.17, 15) is 10.1 Å². The number of nitrogens with zero attached hydrogens (tertiary/aromatic N) is 2. The third-order valence-electron chi connectivity index (χ3n) is 5.67. The molecule has 0 aliphatic heterocycles. The summed E-state index contributed by atoms with van der Waals surface area (Å²) >= 11 is 7.46. The topological polar surface area (TPSA) is 75.0 Å². The molecule has 5 nitrogen and oxygen atoms in total. The first-order valence-electron chi connectivity index (χ1n) is 11.3. The molecular weight excluding hydrogens is 490 g/mol. The molecule has 1 amide bonds. The molecule has 0 saturated heterocycles. The number of rotatable bonds is 7. The molecule has 0 saturated carbocycles. The first-order chi connectivity index (χ1) is 17.4. The van der Waals surface area contributed by atoms with Crippen molar-refractivity contribution in [2.45, 2.75) is 24.1 Å². The predicted octanol–water partition coefficient (Wildman–Crippen LogP) is 7.38. The van der Waals surface area contributed by atoms with Crippen molar-refractivity contribution >= 4 is 35.0 Å².